The van der Waals surface area contributed by atoms with Gasteiger partial charge in [0.1, 0.15) is 5.82 Å². The van der Waals surface area contributed by atoms with Crippen LogP contribution in [0.25, 0.3) is 0 Å². The van der Waals surface area contributed by atoms with Crippen LogP contribution in [0.1, 0.15) is 24.1 Å². The summed E-state index contributed by atoms with van der Waals surface area (Å²) < 4.78 is 0. The molecule has 0 bridgehead atoms. The molecule has 0 unspecified atom stereocenters. The number of rotatable bonds is 2. The molecule has 1 saturated heterocycles. The summed E-state index contributed by atoms with van der Waals surface area (Å²) in [4.78, 5) is 6.82. The van der Waals surface area contributed by atoms with Crippen molar-refractivity contribution < 1.29 is 0 Å². The Balaban J connectivity index is 2.19. The van der Waals surface area contributed by atoms with Crippen molar-refractivity contribution >= 4 is 5.82 Å². The molecule has 0 amide bonds. The Morgan fingerprint density at radius 3 is 2.69 bits per heavy atom. The van der Waals surface area contributed by atoms with Crippen LogP contribution >= 0.6 is 0 Å². The van der Waals surface area contributed by atoms with Crippen LogP contribution in [0, 0.1) is 6.92 Å². The second-order valence-corrected chi connectivity index (χ2v) is 4.42. The van der Waals surface area contributed by atoms with Crippen molar-refractivity contribution in [3.8, 4) is 0 Å². The van der Waals surface area contributed by atoms with Gasteiger partial charge in [-0.25, -0.2) is 4.98 Å². The van der Waals surface area contributed by atoms with Crippen molar-refractivity contribution in [1.29, 1.82) is 0 Å². The van der Waals surface area contributed by atoms with E-state index < -0.39 is 0 Å². The van der Waals surface area contributed by atoms with E-state index in [1.54, 1.807) is 0 Å². The number of aryl methyl sites for hydroxylation is 1. The van der Waals surface area contributed by atoms with Crippen LogP contribution in [0.2, 0.25) is 0 Å². The lowest BCUT2D eigenvalue weighted by Gasteiger charge is -2.29. The fourth-order valence-corrected chi connectivity index (χ4v) is 2.10. The third-order valence-electron chi connectivity index (χ3n) is 3.07. The molecule has 2 heterocycles. The SMILES string of the molecule is Cc1cc(N2CCNCC2)ncc1[C@@H](C)N. The topological polar surface area (TPSA) is 54.2 Å². The first-order valence-electron chi connectivity index (χ1n) is 5.86. The maximum atomic E-state index is 5.88. The van der Waals surface area contributed by atoms with E-state index in [2.05, 4.69) is 28.2 Å². The number of pyridine rings is 1. The van der Waals surface area contributed by atoms with Gasteiger partial charge in [0.25, 0.3) is 0 Å². The third kappa shape index (κ3) is 2.33. The van der Waals surface area contributed by atoms with E-state index in [1.807, 2.05) is 13.1 Å². The predicted octanol–water partition coefficient (Wildman–Crippen LogP) is 0.819. The number of nitrogens with zero attached hydrogens (tertiary/aromatic N) is 2. The molecule has 1 aromatic rings. The number of hydrogen-bond donors (Lipinski definition) is 2. The van der Waals surface area contributed by atoms with E-state index in [0.29, 0.717) is 0 Å². The molecule has 88 valence electrons. The summed E-state index contributed by atoms with van der Waals surface area (Å²) in [7, 11) is 0. The molecule has 1 aromatic heterocycles. The molecule has 0 aliphatic carbocycles. The zero-order valence-corrected chi connectivity index (χ0v) is 10.0. The largest absolute Gasteiger partial charge is 0.354 e. The standard InChI is InChI=1S/C12H20N4/c1-9-7-12(15-8-11(9)10(2)13)16-5-3-14-4-6-16/h7-8,10,14H,3-6,13H2,1-2H3/t10-/m1/s1. The van der Waals surface area contributed by atoms with E-state index in [0.717, 1.165) is 37.6 Å². The molecule has 3 N–H and O–H groups in total. The van der Waals surface area contributed by atoms with E-state index >= 15 is 0 Å². The maximum Gasteiger partial charge on any atom is 0.128 e. The molecule has 0 radical (unpaired) electrons. The van der Waals surface area contributed by atoms with Gasteiger partial charge in [-0.2, -0.15) is 0 Å². The second-order valence-electron chi connectivity index (χ2n) is 4.42. The monoisotopic (exact) mass is 220 g/mol. The van der Waals surface area contributed by atoms with Crippen molar-refractivity contribution in [2.45, 2.75) is 19.9 Å². The smallest absolute Gasteiger partial charge is 0.128 e. The minimum atomic E-state index is 0.0598. The van der Waals surface area contributed by atoms with Gasteiger partial charge in [-0.3, -0.25) is 0 Å². The van der Waals surface area contributed by atoms with Gasteiger partial charge >= 0.3 is 0 Å². The molecule has 2 rings (SSSR count). The van der Waals surface area contributed by atoms with Gasteiger partial charge in [0.05, 0.1) is 0 Å². The molecule has 16 heavy (non-hydrogen) atoms. The Labute approximate surface area is 96.8 Å². The minimum absolute atomic E-state index is 0.0598. The highest BCUT2D eigenvalue weighted by atomic mass is 15.2. The fourth-order valence-electron chi connectivity index (χ4n) is 2.10. The quantitative estimate of drug-likeness (QED) is 0.775. The normalized spacial score (nSPS) is 18.6. The van der Waals surface area contributed by atoms with E-state index in [1.165, 1.54) is 5.56 Å². The lowest BCUT2D eigenvalue weighted by atomic mass is 10.1. The van der Waals surface area contributed by atoms with Crippen molar-refractivity contribution in [1.82, 2.24) is 10.3 Å². The van der Waals surface area contributed by atoms with Crippen LogP contribution in [0.15, 0.2) is 12.3 Å². The molecule has 0 aromatic carbocycles. The molecule has 1 fully saturated rings. The first-order chi connectivity index (χ1) is 7.68. The van der Waals surface area contributed by atoms with Crippen molar-refractivity contribution in [3.05, 3.63) is 23.4 Å². The molecule has 0 saturated carbocycles. The van der Waals surface area contributed by atoms with Crippen LogP contribution in [-0.2, 0) is 0 Å². The first kappa shape index (κ1) is 11.4. The van der Waals surface area contributed by atoms with Crippen LogP contribution in [0.5, 0.6) is 0 Å². The first-order valence-corrected chi connectivity index (χ1v) is 5.86. The second kappa shape index (κ2) is 4.80. The zero-order chi connectivity index (χ0) is 11.5. The summed E-state index contributed by atoms with van der Waals surface area (Å²) >= 11 is 0. The highest BCUT2D eigenvalue weighted by Gasteiger charge is 2.13. The molecule has 4 heteroatoms. The zero-order valence-electron chi connectivity index (χ0n) is 10.0. The predicted molar refractivity (Wildman–Crippen MR) is 66.7 cm³/mol. The van der Waals surface area contributed by atoms with E-state index in [-0.39, 0.29) is 6.04 Å². The summed E-state index contributed by atoms with van der Waals surface area (Å²) in [6, 6.07) is 2.20. The number of nitrogens with two attached hydrogens (primary N) is 1. The van der Waals surface area contributed by atoms with Gasteiger partial charge in [-0.05, 0) is 31.0 Å². The Morgan fingerprint density at radius 2 is 2.12 bits per heavy atom. The number of aromatic nitrogens is 1. The lowest BCUT2D eigenvalue weighted by Crippen LogP contribution is -2.43. The summed E-state index contributed by atoms with van der Waals surface area (Å²) in [5.74, 6) is 1.07. The Bertz CT molecular complexity index is 356. The molecule has 0 spiro atoms. The van der Waals surface area contributed by atoms with E-state index in [4.69, 9.17) is 5.73 Å². The van der Waals surface area contributed by atoms with Crippen LogP contribution in [0.3, 0.4) is 0 Å². The van der Waals surface area contributed by atoms with Gasteiger partial charge < -0.3 is 16.0 Å². The van der Waals surface area contributed by atoms with Gasteiger partial charge in [0.2, 0.25) is 0 Å². The Kier molecular flexibility index (Phi) is 3.41. The van der Waals surface area contributed by atoms with Gasteiger partial charge in [0, 0.05) is 38.4 Å². The fraction of sp³-hybridized carbons (Fsp3) is 0.583. The van der Waals surface area contributed by atoms with Crippen LogP contribution in [0.4, 0.5) is 5.82 Å². The van der Waals surface area contributed by atoms with Crippen LogP contribution < -0.4 is 16.0 Å². The number of anilines is 1. The van der Waals surface area contributed by atoms with Gasteiger partial charge in [-0.1, -0.05) is 0 Å². The summed E-state index contributed by atoms with van der Waals surface area (Å²) in [6.45, 7) is 8.24. The number of piperazine rings is 1. The summed E-state index contributed by atoms with van der Waals surface area (Å²) in [6.07, 6.45) is 1.91. The van der Waals surface area contributed by atoms with Crippen molar-refractivity contribution in [2.24, 2.45) is 5.73 Å². The maximum absolute atomic E-state index is 5.88. The van der Waals surface area contributed by atoms with E-state index in [9.17, 15) is 0 Å². The van der Waals surface area contributed by atoms with Gasteiger partial charge in [0.15, 0.2) is 0 Å². The highest BCUT2D eigenvalue weighted by molar-refractivity contribution is 5.44. The molecular formula is C12H20N4. The minimum Gasteiger partial charge on any atom is -0.354 e. The average molecular weight is 220 g/mol. The molecule has 1 aliphatic rings. The summed E-state index contributed by atoms with van der Waals surface area (Å²) in [5, 5.41) is 3.34. The van der Waals surface area contributed by atoms with Crippen molar-refractivity contribution in [2.75, 3.05) is 31.1 Å². The highest BCUT2D eigenvalue weighted by Crippen LogP contribution is 2.19. The Morgan fingerprint density at radius 1 is 1.44 bits per heavy atom. The summed E-state index contributed by atoms with van der Waals surface area (Å²) in [5.41, 5.74) is 8.25. The lowest BCUT2D eigenvalue weighted by molar-refractivity contribution is 0.584. The molecule has 4 nitrogen and oxygen atoms in total. The third-order valence-corrected chi connectivity index (χ3v) is 3.07. The average Bonchev–Trinajstić information content (AvgIpc) is 2.29. The van der Waals surface area contributed by atoms with Crippen molar-refractivity contribution in [3.63, 3.8) is 0 Å². The van der Waals surface area contributed by atoms with Crippen LogP contribution in [-0.4, -0.2) is 31.2 Å². The molecule has 1 aliphatic heterocycles. The molecule has 1 atom stereocenters. The number of hydrogen-bond acceptors (Lipinski definition) is 4. The van der Waals surface area contributed by atoms with Gasteiger partial charge in [-0.15, -0.1) is 0 Å². The number of nitrogens with one attached hydrogen (secondary N) is 1. The Hall–Kier alpha value is -1.13. The molecular weight excluding hydrogens is 200 g/mol.